The fourth-order valence-electron chi connectivity index (χ4n) is 1.47. The number of nitriles is 1. The number of aromatic amines is 1. The van der Waals surface area contributed by atoms with Crippen molar-refractivity contribution in [2.24, 2.45) is 0 Å². The molecule has 7 nitrogen and oxygen atoms in total. The number of aromatic nitrogens is 3. The topological polar surface area (TPSA) is 112 Å². The van der Waals surface area contributed by atoms with E-state index in [0.29, 0.717) is 24.2 Å². The number of carbonyl (C=O) groups is 1. The van der Waals surface area contributed by atoms with Crippen molar-refractivity contribution < 1.29 is 14.6 Å². The SMILES string of the molecule is N#CCCC#Cc1cccc(Oc2[nH]nnc2C(=O)O)c1. The predicted octanol–water partition coefficient (Wildman–Crippen LogP) is 1.95. The second-order valence-corrected chi connectivity index (χ2v) is 3.88. The van der Waals surface area contributed by atoms with Gasteiger partial charge in [0.05, 0.1) is 6.07 Å². The lowest BCUT2D eigenvalue weighted by Crippen LogP contribution is -1.99. The van der Waals surface area contributed by atoms with Gasteiger partial charge in [0.25, 0.3) is 5.88 Å². The van der Waals surface area contributed by atoms with Gasteiger partial charge in [-0.2, -0.15) is 5.26 Å². The molecule has 104 valence electrons. The van der Waals surface area contributed by atoms with Gasteiger partial charge in [-0.25, -0.2) is 9.89 Å². The van der Waals surface area contributed by atoms with Crippen LogP contribution in [0.2, 0.25) is 0 Å². The Labute approximate surface area is 120 Å². The molecule has 0 spiro atoms. The smallest absolute Gasteiger partial charge is 0.362 e. The summed E-state index contributed by atoms with van der Waals surface area (Å²) in [6, 6.07) is 8.85. The van der Waals surface area contributed by atoms with Crippen molar-refractivity contribution >= 4 is 5.97 Å². The maximum atomic E-state index is 10.9. The van der Waals surface area contributed by atoms with Gasteiger partial charge in [-0.05, 0) is 18.2 Å². The molecule has 21 heavy (non-hydrogen) atoms. The second-order valence-electron chi connectivity index (χ2n) is 3.88. The number of carboxylic acids is 1. The van der Waals surface area contributed by atoms with Crippen molar-refractivity contribution in [2.75, 3.05) is 0 Å². The van der Waals surface area contributed by atoms with Crippen LogP contribution in [-0.2, 0) is 0 Å². The molecule has 7 heteroatoms. The number of hydrogen-bond acceptors (Lipinski definition) is 5. The molecule has 0 aliphatic heterocycles. The quantitative estimate of drug-likeness (QED) is 0.654. The van der Waals surface area contributed by atoms with E-state index in [1.165, 1.54) is 0 Å². The predicted molar refractivity (Wildman–Crippen MR) is 71.6 cm³/mol. The van der Waals surface area contributed by atoms with E-state index in [4.69, 9.17) is 15.1 Å². The maximum Gasteiger partial charge on any atom is 0.362 e. The van der Waals surface area contributed by atoms with Gasteiger partial charge in [-0.3, -0.25) is 0 Å². The zero-order chi connectivity index (χ0) is 15.1. The van der Waals surface area contributed by atoms with Crippen LogP contribution in [0.15, 0.2) is 24.3 Å². The van der Waals surface area contributed by atoms with Crippen LogP contribution in [0.25, 0.3) is 0 Å². The summed E-state index contributed by atoms with van der Waals surface area (Å²) in [7, 11) is 0. The third-order valence-electron chi connectivity index (χ3n) is 2.37. The van der Waals surface area contributed by atoms with E-state index >= 15 is 0 Å². The van der Waals surface area contributed by atoms with E-state index < -0.39 is 5.97 Å². The molecule has 0 fully saturated rings. The van der Waals surface area contributed by atoms with Crippen LogP contribution in [0, 0.1) is 23.2 Å². The van der Waals surface area contributed by atoms with E-state index in [-0.39, 0.29) is 11.6 Å². The second kappa shape index (κ2) is 6.73. The Morgan fingerprint density at radius 3 is 3.05 bits per heavy atom. The third-order valence-corrected chi connectivity index (χ3v) is 2.37. The van der Waals surface area contributed by atoms with E-state index in [2.05, 4.69) is 27.3 Å². The molecule has 1 aromatic carbocycles. The first-order valence-corrected chi connectivity index (χ1v) is 5.99. The average molecular weight is 282 g/mol. The molecule has 0 radical (unpaired) electrons. The number of nitrogens with one attached hydrogen (secondary N) is 1. The summed E-state index contributed by atoms with van der Waals surface area (Å²) in [4.78, 5) is 10.9. The maximum absolute atomic E-state index is 10.9. The summed E-state index contributed by atoms with van der Waals surface area (Å²) in [5.74, 6) is 4.90. The molecular formula is C14H10N4O3. The Hall–Kier alpha value is -3.32. The molecule has 2 aromatic rings. The molecule has 0 saturated heterocycles. The molecule has 0 bridgehead atoms. The molecule has 1 heterocycles. The molecule has 0 atom stereocenters. The minimum absolute atomic E-state index is 0.0444. The van der Waals surface area contributed by atoms with Crippen molar-refractivity contribution in [1.29, 1.82) is 5.26 Å². The Morgan fingerprint density at radius 2 is 2.29 bits per heavy atom. The van der Waals surface area contributed by atoms with E-state index in [0.717, 1.165) is 0 Å². The van der Waals surface area contributed by atoms with Crippen LogP contribution >= 0.6 is 0 Å². The standard InChI is InChI=1S/C14H10N4O3/c15-8-3-1-2-5-10-6-4-7-11(9-10)21-13-12(14(19)20)16-18-17-13/h4,6-7,9H,1,3H2,(H,19,20)(H,16,17,18). The number of nitrogens with zero attached hydrogens (tertiary/aromatic N) is 3. The lowest BCUT2D eigenvalue weighted by atomic mass is 10.2. The summed E-state index contributed by atoms with van der Waals surface area (Å²) >= 11 is 0. The number of aromatic carboxylic acids is 1. The molecule has 2 rings (SSSR count). The number of ether oxygens (including phenoxy) is 1. The highest BCUT2D eigenvalue weighted by Gasteiger charge is 2.16. The van der Waals surface area contributed by atoms with Crippen LogP contribution in [-0.4, -0.2) is 26.5 Å². The highest BCUT2D eigenvalue weighted by molar-refractivity contribution is 5.87. The number of H-pyrrole nitrogens is 1. The lowest BCUT2D eigenvalue weighted by molar-refractivity contribution is 0.0687. The average Bonchev–Trinajstić information content (AvgIpc) is 2.92. The van der Waals surface area contributed by atoms with E-state index in [1.54, 1.807) is 24.3 Å². The van der Waals surface area contributed by atoms with Crippen molar-refractivity contribution in [1.82, 2.24) is 15.4 Å². The van der Waals surface area contributed by atoms with Crippen LogP contribution in [0.3, 0.4) is 0 Å². The molecule has 2 N–H and O–H groups in total. The third kappa shape index (κ3) is 3.82. The number of unbranched alkanes of at least 4 members (excludes halogenated alkanes) is 1. The monoisotopic (exact) mass is 282 g/mol. The van der Waals surface area contributed by atoms with Crippen LogP contribution in [0.5, 0.6) is 11.6 Å². The molecular weight excluding hydrogens is 272 g/mol. The fraction of sp³-hybridized carbons (Fsp3) is 0.143. The Morgan fingerprint density at radius 1 is 1.43 bits per heavy atom. The Bertz CT molecular complexity index is 749. The Balaban J connectivity index is 2.14. The van der Waals surface area contributed by atoms with Crippen molar-refractivity contribution in [3.8, 4) is 29.5 Å². The molecule has 0 unspecified atom stereocenters. The van der Waals surface area contributed by atoms with Crippen LogP contribution in [0.4, 0.5) is 0 Å². The largest absolute Gasteiger partial charge is 0.476 e. The minimum atomic E-state index is -1.23. The summed E-state index contributed by atoms with van der Waals surface area (Å²) in [6.07, 6.45) is 0.875. The van der Waals surface area contributed by atoms with Gasteiger partial charge in [-0.15, -0.1) is 5.10 Å². The summed E-state index contributed by atoms with van der Waals surface area (Å²) < 4.78 is 5.40. The zero-order valence-corrected chi connectivity index (χ0v) is 10.8. The van der Waals surface area contributed by atoms with Crippen molar-refractivity contribution in [3.63, 3.8) is 0 Å². The number of hydrogen-bond donors (Lipinski definition) is 2. The first-order chi connectivity index (χ1) is 10.2. The first-order valence-electron chi connectivity index (χ1n) is 5.99. The van der Waals surface area contributed by atoms with Gasteiger partial charge >= 0.3 is 5.97 Å². The molecule has 0 aliphatic rings. The molecule has 0 saturated carbocycles. The lowest BCUT2D eigenvalue weighted by Gasteiger charge is -2.03. The molecule has 1 aromatic heterocycles. The summed E-state index contributed by atoms with van der Waals surface area (Å²) in [5.41, 5.74) is 0.412. The van der Waals surface area contributed by atoms with Crippen LogP contribution < -0.4 is 4.74 Å². The Kier molecular flexibility index (Phi) is 4.52. The van der Waals surface area contributed by atoms with Crippen molar-refractivity contribution in [2.45, 2.75) is 12.8 Å². The summed E-state index contributed by atoms with van der Waals surface area (Å²) in [6.45, 7) is 0. The van der Waals surface area contributed by atoms with Gasteiger partial charge in [-0.1, -0.05) is 23.1 Å². The minimum Gasteiger partial charge on any atom is -0.476 e. The van der Waals surface area contributed by atoms with Crippen molar-refractivity contribution in [3.05, 3.63) is 35.5 Å². The van der Waals surface area contributed by atoms with Gasteiger partial charge in [0, 0.05) is 18.4 Å². The first kappa shape index (κ1) is 14.1. The number of carboxylic acid groups (broad SMARTS) is 1. The van der Waals surface area contributed by atoms with E-state index in [9.17, 15) is 4.79 Å². The fourth-order valence-corrected chi connectivity index (χ4v) is 1.47. The summed E-state index contributed by atoms with van der Waals surface area (Å²) in [5, 5.41) is 26.5. The van der Waals surface area contributed by atoms with Gasteiger partial charge in [0.1, 0.15) is 5.75 Å². The van der Waals surface area contributed by atoms with Gasteiger partial charge < -0.3 is 9.84 Å². The number of rotatable bonds is 4. The highest BCUT2D eigenvalue weighted by atomic mass is 16.5. The highest BCUT2D eigenvalue weighted by Crippen LogP contribution is 2.22. The van der Waals surface area contributed by atoms with Gasteiger partial charge in [0.2, 0.25) is 5.69 Å². The molecule has 0 amide bonds. The normalized spacial score (nSPS) is 9.29. The zero-order valence-electron chi connectivity index (χ0n) is 10.8. The van der Waals surface area contributed by atoms with E-state index in [1.807, 2.05) is 6.07 Å². The molecule has 0 aliphatic carbocycles. The number of benzene rings is 1. The van der Waals surface area contributed by atoms with Crippen LogP contribution in [0.1, 0.15) is 28.9 Å². The van der Waals surface area contributed by atoms with Gasteiger partial charge in [0.15, 0.2) is 0 Å².